The first kappa shape index (κ1) is 9.83. The molecule has 0 amide bonds. The second-order valence-electron chi connectivity index (χ2n) is 2.84. The summed E-state index contributed by atoms with van der Waals surface area (Å²) in [7, 11) is 0. The summed E-state index contributed by atoms with van der Waals surface area (Å²) in [6, 6.07) is 2.62. The van der Waals surface area contributed by atoms with Gasteiger partial charge >= 0.3 is 0 Å². The van der Waals surface area contributed by atoms with Crippen molar-refractivity contribution in [2.24, 2.45) is 5.73 Å². The van der Waals surface area contributed by atoms with Crippen molar-refractivity contribution in [3.63, 3.8) is 0 Å². The van der Waals surface area contributed by atoms with Gasteiger partial charge in [-0.2, -0.15) is 0 Å². The van der Waals surface area contributed by atoms with Gasteiger partial charge in [0.15, 0.2) is 5.78 Å². The molecule has 4 heteroatoms. The van der Waals surface area contributed by atoms with E-state index in [2.05, 4.69) is 4.98 Å². The molecule has 1 atom stereocenters. The van der Waals surface area contributed by atoms with E-state index in [-0.39, 0.29) is 12.4 Å². The fraction of sp³-hybridized carbons (Fsp3) is 0.333. The summed E-state index contributed by atoms with van der Waals surface area (Å²) in [5.74, 6) is -0.136. The highest BCUT2D eigenvalue weighted by Crippen LogP contribution is 2.09. The summed E-state index contributed by atoms with van der Waals surface area (Å²) in [6.07, 6.45) is 1.53. The van der Waals surface area contributed by atoms with Crippen LogP contribution in [0.2, 0.25) is 0 Å². The standard InChI is InChI=1S/C9H12N2O2/c1-6(13)9(10)8-4-7(5-12)2-3-11-8/h2-4,9,12H,5,10H2,1H3. The lowest BCUT2D eigenvalue weighted by atomic mass is 10.1. The number of carbonyl (C=O) groups is 1. The van der Waals surface area contributed by atoms with E-state index in [0.29, 0.717) is 11.3 Å². The van der Waals surface area contributed by atoms with Gasteiger partial charge in [0.2, 0.25) is 0 Å². The highest BCUT2D eigenvalue weighted by molar-refractivity contribution is 5.82. The number of carbonyl (C=O) groups excluding carboxylic acids is 1. The molecule has 13 heavy (non-hydrogen) atoms. The van der Waals surface area contributed by atoms with Crippen molar-refractivity contribution in [2.45, 2.75) is 19.6 Å². The van der Waals surface area contributed by atoms with Crippen molar-refractivity contribution in [2.75, 3.05) is 0 Å². The van der Waals surface area contributed by atoms with Gasteiger partial charge in [0.05, 0.1) is 12.3 Å². The van der Waals surface area contributed by atoms with Gasteiger partial charge < -0.3 is 10.8 Å². The Morgan fingerprint density at radius 2 is 2.46 bits per heavy atom. The van der Waals surface area contributed by atoms with Gasteiger partial charge in [-0.25, -0.2) is 0 Å². The Hall–Kier alpha value is -1.26. The molecule has 0 spiro atoms. The topological polar surface area (TPSA) is 76.2 Å². The Balaban J connectivity index is 2.94. The maximum atomic E-state index is 10.9. The molecular formula is C9H12N2O2. The van der Waals surface area contributed by atoms with E-state index in [1.54, 1.807) is 12.1 Å². The monoisotopic (exact) mass is 180 g/mol. The zero-order chi connectivity index (χ0) is 9.84. The average Bonchev–Trinajstić information content (AvgIpc) is 2.16. The zero-order valence-corrected chi connectivity index (χ0v) is 7.40. The lowest BCUT2D eigenvalue weighted by Gasteiger charge is -2.07. The molecule has 0 aliphatic heterocycles. The van der Waals surface area contributed by atoms with Crippen molar-refractivity contribution in [3.05, 3.63) is 29.6 Å². The molecule has 4 nitrogen and oxygen atoms in total. The molecule has 0 saturated heterocycles. The van der Waals surface area contributed by atoms with Gasteiger partial charge in [0.25, 0.3) is 0 Å². The Bertz CT molecular complexity index is 312. The van der Waals surface area contributed by atoms with Crippen LogP contribution in [0.15, 0.2) is 18.3 Å². The van der Waals surface area contributed by atoms with E-state index < -0.39 is 6.04 Å². The molecule has 1 heterocycles. The van der Waals surface area contributed by atoms with Crippen molar-refractivity contribution in [1.82, 2.24) is 4.98 Å². The number of ketones is 1. The maximum absolute atomic E-state index is 10.9. The number of aliphatic hydroxyl groups excluding tert-OH is 1. The van der Waals surface area contributed by atoms with E-state index in [0.717, 1.165) is 0 Å². The molecule has 1 aromatic rings. The van der Waals surface area contributed by atoms with Crippen LogP contribution in [-0.4, -0.2) is 15.9 Å². The fourth-order valence-electron chi connectivity index (χ4n) is 0.971. The summed E-state index contributed by atoms with van der Waals surface area (Å²) in [6.45, 7) is 1.35. The van der Waals surface area contributed by atoms with Crippen LogP contribution in [-0.2, 0) is 11.4 Å². The maximum Gasteiger partial charge on any atom is 0.152 e. The van der Waals surface area contributed by atoms with Crippen LogP contribution in [0.1, 0.15) is 24.2 Å². The van der Waals surface area contributed by atoms with Gasteiger partial charge in [-0.05, 0) is 24.6 Å². The molecule has 0 aliphatic rings. The van der Waals surface area contributed by atoms with Gasteiger partial charge in [-0.1, -0.05) is 0 Å². The van der Waals surface area contributed by atoms with Gasteiger partial charge in [0.1, 0.15) is 6.04 Å². The Morgan fingerprint density at radius 1 is 1.77 bits per heavy atom. The van der Waals surface area contributed by atoms with Gasteiger partial charge in [0, 0.05) is 6.20 Å². The number of nitrogens with two attached hydrogens (primary N) is 1. The molecule has 0 saturated carbocycles. The molecule has 1 unspecified atom stereocenters. The van der Waals surface area contributed by atoms with Crippen LogP contribution < -0.4 is 5.73 Å². The molecule has 70 valence electrons. The summed E-state index contributed by atoms with van der Waals surface area (Å²) in [4.78, 5) is 14.9. The third-order valence-corrected chi connectivity index (χ3v) is 1.78. The van der Waals surface area contributed by atoms with Crippen LogP contribution in [0.5, 0.6) is 0 Å². The molecule has 0 bridgehead atoms. The minimum atomic E-state index is -0.688. The summed E-state index contributed by atoms with van der Waals surface area (Å²) in [5.41, 5.74) is 6.78. The molecular weight excluding hydrogens is 168 g/mol. The second-order valence-corrected chi connectivity index (χ2v) is 2.84. The summed E-state index contributed by atoms with van der Waals surface area (Å²) < 4.78 is 0. The summed E-state index contributed by atoms with van der Waals surface area (Å²) >= 11 is 0. The van der Waals surface area contributed by atoms with Crippen LogP contribution in [0.4, 0.5) is 0 Å². The first-order chi connectivity index (χ1) is 6.15. The minimum absolute atomic E-state index is 0.0693. The fourth-order valence-corrected chi connectivity index (χ4v) is 0.971. The summed E-state index contributed by atoms with van der Waals surface area (Å²) in [5, 5.41) is 8.83. The van der Waals surface area contributed by atoms with Crippen LogP contribution in [0.3, 0.4) is 0 Å². The smallest absolute Gasteiger partial charge is 0.152 e. The largest absolute Gasteiger partial charge is 0.392 e. The predicted octanol–water partition coefficient (Wildman–Crippen LogP) is 0.163. The third-order valence-electron chi connectivity index (χ3n) is 1.78. The van der Waals surface area contributed by atoms with E-state index in [1.807, 2.05) is 0 Å². The minimum Gasteiger partial charge on any atom is -0.392 e. The number of aliphatic hydroxyl groups is 1. The predicted molar refractivity (Wildman–Crippen MR) is 47.8 cm³/mol. The van der Waals surface area contributed by atoms with Crippen molar-refractivity contribution >= 4 is 5.78 Å². The lowest BCUT2D eigenvalue weighted by Crippen LogP contribution is -2.19. The normalized spacial score (nSPS) is 12.5. The lowest BCUT2D eigenvalue weighted by molar-refractivity contribution is -0.118. The van der Waals surface area contributed by atoms with Gasteiger partial charge in [-0.15, -0.1) is 0 Å². The van der Waals surface area contributed by atoms with Crippen LogP contribution in [0, 0.1) is 0 Å². The number of hydrogen-bond acceptors (Lipinski definition) is 4. The van der Waals surface area contributed by atoms with Gasteiger partial charge in [-0.3, -0.25) is 9.78 Å². The molecule has 0 aliphatic carbocycles. The second kappa shape index (κ2) is 4.11. The molecule has 0 fully saturated rings. The number of rotatable bonds is 3. The number of pyridine rings is 1. The van der Waals surface area contributed by atoms with Crippen molar-refractivity contribution in [1.29, 1.82) is 0 Å². The highest BCUT2D eigenvalue weighted by Gasteiger charge is 2.12. The number of nitrogens with zero attached hydrogens (tertiary/aromatic N) is 1. The van der Waals surface area contributed by atoms with E-state index in [1.165, 1.54) is 13.1 Å². The number of aromatic nitrogens is 1. The Labute approximate surface area is 76.4 Å². The molecule has 1 aromatic heterocycles. The third kappa shape index (κ3) is 2.34. The van der Waals surface area contributed by atoms with Crippen molar-refractivity contribution in [3.8, 4) is 0 Å². The number of hydrogen-bond donors (Lipinski definition) is 2. The van der Waals surface area contributed by atoms with Crippen molar-refractivity contribution < 1.29 is 9.90 Å². The first-order valence-corrected chi connectivity index (χ1v) is 3.97. The quantitative estimate of drug-likeness (QED) is 0.694. The highest BCUT2D eigenvalue weighted by atomic mass is 16.3. The molecule has 0 radical (unpaired) electrons. The van der Waals surface area contributed by atoms with E-state index >= 15 is 0 Å². The molecule has 1 rings (SSSR count). The Morgan fingerprint density at radius 3 is 3.00 bits per heavy atom. The molecule has 0 aromatic carbocycles. The van der Waals surface area contributed by atoms with Crippen LogP contribution in [0.25, 0.3) is 0 Å². The average molecular weight is 180 g/mol. The zero-order valence-electron chi connectivity index (χ0n) is 7.40. The number of Topliss-reactive ketones (excluding diaryl/α,β-unsaturated/α-hetero) is 1. The van der Waals surface area contributed by atoms with E-state index in [4.69, 9.17) is 10.8 Å². The van der Waals surface area contributed by atoms with Crippen LogP contribution >= 0.6 is 0 Å². The molecule has 3 N–H and O–H groups in total. The SMILES string of the molecule is CC(=O)C(N)c1cc(CO)ccn1. The van der Waals surface area contributed by atoms with E-state index in [9.17, 15) is 4.79 Å². The first-order valence-electron chi connectivity index (χ1n) is 3.97. The Kier molecular flexibility index (Phi) is 3.11.